The van der Waals surface area contributed by atoms with Gasteiger partial charge >= 0.3 is 15.5 Å². The number of halogens is 3. The maximum absolute atomic E-state index is 15.3. The summed E-state index contributed by atoms with van der Waals surface area (Å²) in [5.74, 6) is 0. The zero-order valence-corrected chi connectivity index (χ0v) is 40.8. The van der Waals surface area contributed by atoms with Crippen molar-refractivity contribution in [1.82, 2.24) is 4.31 Å². The largest absolute Gasteiger partial charge is 0.516 e. The third-order valence-corrected chi connectivity index (χ3v) is 15.8. The number of sulfonamides is 1. The molecule has 1 aliphatic carbocycles. The van der Waals surface area contributed by atoms with E-state index >= 15 is 13.2 Å². The fourth-order valence-electron chi connectivity index (χ4n) is 11.0. The number of rotatable bonds is 15. The van der Waals surface area contributed by atoms with Crippen molar-refractivity contribution in [3.05, 3.63) is 191 Å². The van der Waals surface area contributed by atoms with Crippen LogP contribution in [0.15, 0.2) is 163 Å². The highest BCUT2D eigenvalue weighted by Crippen LogP contribution is 2.53. The molecule has 3 aliphatic rings. The maximum atomic E-state index is 15.3. The molecule has 0 spiro atoms. The van der Waals surface area contributed by atoms with Crippen LogP contribution in [0.25, 0.3) is 32.7 Å². The minimum absolute atomic E-state index is 0.00585. The summed E-state index contributed by atoms with van der Waals surface area (Å²) in [5, 5.41) is 4.58. The Kier molecular flexibility index (Phi) is 12.7. The first kappa shape index (κ1) is 46.9. The summed E-state index contributed by atoms with van der Waals surface area (Å²) in [4.78, 5) is 2.36. The van der Waals surface area contributed by atoms with Gasteiger partial charge in [-0.05, 0) is 94.8 Å². The number of nitrogens with zero attached hydrogens (tertiary/aromatic N) is 3. The van der Waals surface area contributed by atoms with Crippen molar-refractivity contribution in [2.75, 3.05) is 18.0 Å². The van der Waals surface area contributed by atoms with Crippen LogP contribution in [-0.4, -0.2) is 41.6 Å². The molecule has 9 rings (SSSR count). The lowest BCUT2D eigenvalue weighted by atomic mass is 9.79. The Morgan fingerprint density at radius 1 is 0.647 bits per heavy atom. The number of benzene rings is 6. The topological polar surface area (TPSA) is 43.6 Å². The molecule has 0 saturated heterocycles. The van der Waals surface area contributed by atoms with Gasteiger partial charge in [-0.25, -0.2) is 0 Å². The summed E-state index contributed by atoms with van der Waals surface area (Å²) in [6.07, 6.45) is 13.9. The van der Waals surface area contributed by atoms with E-state index in [0.29, 0.717) is 32.1 Å². The van der Waals surface area contributed by atoms with Crippen LogP contribution in [0.5, 0.6) is 0 Å². The molecule has 0 saturated carbocycles. The van der Waals surface area contributed by atoms with Crippen molar-refractivity contribution in [3.63, 3.8) is 0 Å². The van der Waals surface area contributed by atoms with Gasteiger partial charge in [0.25, 0.3) is 0 Å². The van der Waals surface area contributed by atoms with Crippen molar-refractivity contribution < 1.29 is 26.2 Å². The number of fused-ring (bicyclic) bond motifs is 7. The second-order valence-corrected chi connectivity index (χ2v) is 21.3. The first-order chi connectivity index (χ1) is 32.6. The van der Waals surface area contributed by atoms with Crippen LogP contribution >= 0.6 is 0 Å². The average molecular weight is 933 g/mol. The normalized spacial score (nSPS) is 17.6. The molecule has 2 heterocycles. The Hall–Kier alpha value is -6.19. The van der Waals surface area contributed by atoms with Crippen molar-refractivity contribution in [2.45, 2.75) is 103 Å². The van der Waals surface area contributed by atoms with Crippen molar-refractivity contribution in [1.29, 1.82) is 0 Å². The zero-order valence-electron chi connectivity index (χ0n) is 40.0. The molecule has 0 N–H and O–H groups in total. The quantitative estimate of drug-likeness (QED) is 0.0761. The molecule has 5 nitrogen and oxygen atoms in total. The van der Waals surface area contributed by atoms with Gasteiger partial charge in [-0.15, -0.1) is 0 Å². The lowest BCUT2D eigenvalue weighted by molar-refractivity contribution is -0.438. The molecule has 0 bridgehead atoms. The number of allylic oxidation sites excluding steroid dienone is 7. The Bertz CT molecular complexity index is 3190. The van der Waals surface area contributed by atoms with Gasteiger partial charge in [0, 0.05) is 58.6 Å². The Morgan fingerprint density at radius 2 is 1.25 bits per heavy atom. The van der Waals surface area contributed by atoms with Gasteiger partial charge in [-0.1, -0.05) is 162 Å². The van der Waals surface area contributed by atoms with Crippen LogP contribution in [0.3, 0.4) is 0 Å². The molecule has 0 fully saturated rings. The molecular weight excluding hydrogens is 872 g/mol. The highest BCUT2D eigenvalue weighted by Gasteiger charge is 2.53. The third-order valence-electron chi connectivity index (χ3n) is 14.3. The van der Waals surface area contributed by atoms with Gasteiger partial charge in [0.1, 0.15) is 6.54 Å². The smallest absolute Gasteiger partial charge is 0.344 e. The molecule has 0 atom stereocenters. The number of hydrogen-bond acceptors (Lipinski definition) is 3. The molecule has 2 aliphatic heterocycles. The number of hydrogen-bond donors (Lipinski definition) is 0. The first-order valence-corrected chi connectivity index (χ1v) is 25.6. The SMILES string of the molecule is CCCCCN1/C(=C/C=C2C(N(Cc3ccccc3)S(=O)(=O)C(F)(F)F)=C(/C=C/C3=[N+](CCCCC)c4ccc5ccccc5c4C3(C)C)c3ccccc3/2)C(C)(C)c2c1ccc1ccccc21. The minimum Gasteiger partial charge on any atom is -0.344 e. The zero-order chi connectivity index (χ0) is 48.0. The monoisotopic (exact) mass is 932 g/mol. The fraction of sp³-hybridized carbons (Fsp3) is 0.305. The van der Waals surface area contributed by atoms with Gasteiger partial charge in [0.2, 0.25) is 5.69 Å². The molecule has 9 heteroatoms. The van der Waals surface area contributed by atoms with Crippen LogP contribution in [0.2, 0.25) is 0 Å². The predicted octanol–water partition coefficient (Wildman–Crippen LogP) is 15.1. The van der Waals surface area contributed by atoms with Crippen molar-refractivity contribution >= 4 is 59.8 Å². The summed E-state index contributed by atoms with van der Waals surface area (Å²) in [5.41, 5.74) is 2.58. The summed E-state index contributed by atoms with van der Waals surface area (Å²) in [6, 6.07) is 41.5. The van der Waals surface area contributed by atoms with E-state index in [0.717, 1.165) is 95.9 Å². The van der Waals surface area contributed by atoms with Gasteiger partial charge in [0.15, 0.2) is 5.71 Å². The molecule has 0 amide bonds. The molecule has 0 unspecified atom stereocenters. The van der Waals surface area contributed by atoms with E-state index in [-0.39, 0.29) is 5.70 Å². The highest BCUT2D eigenvalue weighted by atomic mass is 32.2. The van der Waals surface area contributed by atoms with E-state index in [1.807, 2.05) is 60.7 Å². The van der Waals surface area contributed by atoms with Crippen LogP contribution in [-0.2, 0) is 27.4 Å². The lowest BCUT2D eigenvalue weighted by Gasteiger charge is -2.29. The van der Waals surface area contributed by atoms with E-state index in [4.69, 9.17) is 0 Å². The van der Waals surface area contributed by atoms with Gasteiger partial charge in [-0.3, -0.25) is 4.31 Å². The Balaban J connectivity index is 1.30. The molecule has 0 radical (unpaired) electrons. The second-order valence-electron chi connectivity index (χ2n) is 19.4. The van der Waals surface area contributed by atoms with E-state index in [1.165, 1.54) is 11.1 Å². The van der Waals surface area contributed by atoms with Gasteiger partial charge in [-0.2, -0.15) is 26.2 Å². The van der Waals surface area contributed by atoms with E-state index in [2.05, 4.69) is 112 Å². The summed E-state index contributed by atoms with van der Waals surface area (Å²) >= 11 is 0. The summed E-state index contributed by atoms with van der Waals surface area (Å²) < 4.78 is 77.6. The number of anilines is 1. The van der Waals surface area contributed by atoms with Gasteiger partial charge < -0.3 is 4.90 Å². The van der Waals surface area contributed by atoms with E-state index < -0.39 is 32.9 Å². The highest BCUT2D eigenvalue weighted by molar-refractivity contribution is 7.90. The Morgan fingerprint density at radius 3 is 1.93 bits per heavy atom. The number of unbranched alkanes of at least 4 members (excludes halogenated alkanes) is 4. The number of alkyl halides is 3. The fourth-order valence-corrected chi connectivity index (χ4v) is 12.0. The first-order valence-electron chi connectivity index (χ1n) is 24.2. The van der Waals surface area contributed by atoms with Gasteiger partial charge in [0.05, 0.1) is 17.7 Å². The van der Waals surface area contributed by atoms with Crippen molar-refractivity contribution in [3.8, 4) is 0 Å². The van der Waals surface area contributed by atoms with E-state index in [1.54, 1.807) is 30.3 Å². The van der Waals surface area contributed by atoms with Crippen LogP contribution in [0.1, 0.15) is 108 Å². The minimum atomic E-state index is -5.96. The second kappa shape index (κ2) is 18.4. The average Bonchev–Trinajstić information content (AvgIpc) is 3.84. The third kappa shape index (κ3) is 8.10. The summed E-state index contributed by atoms with van der Waals surface area (Å²) in [7, 11) is -5.96. The summed E-state index contributed by atoms with van der Waals surface area (Å²) in [6.45, 7) is 14.2. The van der Waals surface area contributed by atoms with Crippen molar-refractivity contribution in [2.24, 2.45) is 0 Å². The molecule has 68 heavy (non-hydrogen) atoms. The van der Waals surface area contributed by atoms with Crippen LogP contribution in [0, 0.1) is 0 Å². The molecule has 0 aromatic heterocycles. The molecule has 6 aromatic carbocycles. The van der Waals surface area contributed by atoms with Crippen LogP contribution in [0.4, 0.5) is 24.5 Å². The standard InChI is InChI=1S/C59H61F3N3O2S/c1-7-9-20-38-63-50-34-30-42-24-14-16-26-44(42)54(50)57(3,4)52(63)36-32-48-46-28-18-19-29-47(46)49(56(48)65(68(66,67)59(60,61)62)40-41-22-12-11-13-23-41)33-37-53-58(5,6)55-45-27-17-15-25-43(45)31-35-51(55)64(53)39-21-10-8-2/h11-19,22-37H,7-10,20-21,38-40H2,1-6H3/q+1. The molecule has 6 aromatic rings. The lowest BCUT2D eigenvalue weighted by Crippen LogP contribution is -2.40. The maximum Gasteiger partial charge on any atom is 0.516 e. The van der Waals surface area contributed by atoms with E-state index in [9.17, 15) is 8.42 Å². The van der Waals surface area contributed by atoms with Crippen LogP contribution < -0.4 is 4.90 Å². The predicted molar refractivity (Wildman–Crippen MR) is 276 cm³/mol. The molecule has 350 valence electrons. The Labute approximate surface area is 400 Å². The molecular formula is C59H61F3N3O2S+.